The number of aromatic nitrogens is 1. The van der Waals surface area contributed by atoms with E-state index in [0.717, 1.165) is 11.8 Å². The second-order valence-electron chi connectivity index (χ2n) is 10.7. The van der Waals surface area contributed by atoms with Crippen LogP contribution in [0, 0.1) is 0 Å². The Bertz CT molecular complexity index is 1490. The smallest absolute Gasteiger partial charge is 0.273 e. The summed E-state index contributed by atoms with van der Waals surface area (Å²) in [6.45, 7) is 2.28. The fourth-order valence-corrected chi connectivity index (χ4v) is 5.05. The summed E-state index contributed by atoms with van der Waals surface area (Å²) in [6.07, 6.45) is 1.42. The zero-order valence-electron chi connectivity index (χ0n) is 24.2. The summed E-state index contributed by atoms with van der Waals surface area (Å²) in [6, 6.07) is 11.4. The minimum absolute atomic E-state index is 0.0604. The van der Waals surface area contributed by atoms with Gasteiger partial charge >= 0.3 is 0 Å². The van der Waals surface area contributed by atoms with Gasteiger partial charge in [0.05, 0.1) is 11.7 Å². The summed E-state index contributed by atoms with van der Waals surface area (Å²) in [7, 11) is 0. The summed E-state index contributed by atoms with van der Waals surface area (Å²) in [5, 5.41) is 21.2. The number of carbonyl (C=O) groups is 4. The van der Waals surface area contributed by atoms with E-state index in [1.54, 1.807) is 18.2 Å². The van der Waals surface area contributed by atoms with E-state index >= 15 is 0 Å². The summed E-state index contributed by atoms with van der Waals surface area (Å²) < 4.78 is 16.9. The third-order valence-corrected chi connectivity index (χ3v) is 7.35. The Morgan fingerprint density at radius 1 is 1.02 bits per heavy atom. The van der Waals surface area contributed by atoms with Crippen molar-refractivity contribution in [2.24, 2.45) is 0 Å². The molecular weight excluding hydrogens is 570 g/mol. The average molecular weight is 606 g/mol. The van der Waals surface area contributed by atoms with Gasteiger partial charge in [0.2, 0.25) is 17.7 Å². The lowest BCUT2D eigenvalue weighted by Crippen LogP contribution is -2.52. The summed E-state index contributed by atoms with van der Waals surface area (Å²) >= 11 is 0. The number of fused-ring (bicyclic) bond motifs is 3. The molecule has 2 aliphatic rings. The van der Waals surface area contributed by atoms with Gasteiger partial charge in [0.1, 0.15) is 37.6 Å². The first kappa shape index (κ1) is 30.5. The SMILES string of the molecule is C[C@@H](O)[C@@H]1NC(=O)c2coc(n2)[C@H](Cc2ccccc2)NC(=O)[C@@H](NC(=O)c2cccc3c2OCCO3)CCCCNC1=O. The van der Waals surface area contributed by atoms with Gasteiger partial charge in [0.15, 0.2) is 17.2 Å². The van der Waals surface area contributed by atoms with Gasteiger partial charge in [-0.15, -0.1) is 0 Å². The third kappa shape index (κ3) is 7.35. The molecule has 4 atom stereocenters. The van der Waals surface area contributed by atoms with Crippen LogP contribution in [-0.2, 0) is 16.0 Å². The van der Waals surface area contributed by atoms with Crippen molar-refractivity contribution in [3.05, 3.63) is 77.5 Å². The molecule has 232 valence electrons. The highest BCUT2D eigenvalue weighted by molar-refractivity contribution is 6.00. The monoisotopic (exact) mass is 605 g/mol. The molecule has 13 nitrogen and oxygen atoms in total. The van der Waals surface area contributed by atoms with Crippen molar-refractivity contribution in [3.63, 3.8) is 0 Å². The Kier molecular flexibility index (Phi) is 9.75. The predicted octanol–water partition coefficient (Wildman–Crippen LogP) is 1.42. The number of oxazole rings is 1. The number of hydrogen-bond donors (Lipinski definition) is 5. The summed E-state index contributed by atoms with van der Waals surface area (Å²) in [4.78, 5) is 57.3. The number of ether oxygens (including phenoxy) is 2. The first-order valence-corrected chi connectivity index (χ1v) is 14.6. The molecule has 0 saturated heterocycles. The van der Waals surface area contributed by atoms with E-state index in [1.807, 2.05) is 30.3 Å². The second-order valence-corrected chi connectivity index (χ2v) is 10.7. The number of amides is 4. The van der Waals surface area contributed by atoms with Crippen LogP contribution in [0.2, 0.25) is 0 Å². The number of aliphatic hydroxyl groups is 1. The van der Waals surface area contributed by atoms with Crippen molar-refractivity contribution < 1.29 is 38.2 Å². The van der Waals surface area contributed by atoms with Gasteiger partial charge in [-0.05, 0) is 43.9 Å². The van der Waals surface area contributed by atoms with Crippen molar-refractivity contribution in [1.82, 2.24) is 26.3 Å². The van der Waals surface area contributed by atoms with Gasteiger partial charge in [-0.25, -0.2) is 4.98 Å². The number of rotatable bonds is 5. The number of benzene rings is 2. The van der Waals surface area contributed by atoms with Crippen molar-refractivity contribution in [1.29, 1.82) is 0 Å². The largest absolute Gasteiger partial charge is 0.486 e. The molecular formula is C31H35N5O8. The molecule has 5 N–H and O–H groups in total. The van der Waals surface area contributed by atoms with E-state index < -0.39 is 47.9 Å². The van der Waals surface area contributed by atoms with Gasteiger partial charge in [-0.1, -0.05) is 36.4 Å². The maximum atomic E-state index is 13.8. The lowest BCUT2D eigenvalue weighted by Gasteiger charge is -2.24. The molecule has 44 heavy (non-hydrogen) atoms. The van der Waals surface area contributed by atoms with Crippen molar-refractivity contribution >= 4 is 23.6 Å². The Morgan fingerprint density at radius 2 is 1.82 bits per heavy atom. The molecule has 5 rings (SSSR count). The fraction of sp³-hybridized carbons (Fsp3) is 0.387. The van der Waals surface area contributed by atoms with Crippen LogP contribution in [0.1, 0.15) is 64.5 Å². The Morgan fingerprint density at radius 3 is 2.61 bits per heavy atom. The third-order valence-electron chi connectivity index (χ3n) is 7.35. The standard InChI is InChI=1S/C31H35N5O8/c1-18(37)25-30(41)32-13-6-5-11-21(33-27(38)20-10-7-12-24-26(20)43-15-14-42-24)28(39)34-22(16-19-8-3-2-4-9-19)31-35-23(17-44-31)29(40)36-25/h2-4,7-10,12,17-18,21-22,25,37H,5-6,11,13-16H2,1H3,(H,32,41)(H,33,38)(H,34,39)(H,36,40)/t18-,21+,22+,25+/m1/s1. The normalized spacial score (nSPS) is 21.8. The summed E-state index contributed by atoms with van der Waals surface area (Å²) in [5.74, 6) is -1.45. The molecule has 3 heterocycles. The molecule has 0 radical (unpaired) electrons. The van der Waals surface area contributed by atoms with Crippen LogP contribution in [0.4, 0.5) is 0 Å². The summed E-state index contributed by atoms with van der Waals surface area (Å²) in [5.41, 5.74) is 0.984. The molecule has 4 amide bonds. The number of nitrogens with one attached hydrogen (secondary N) is 4. The van der Waals surface area contributed by atoms with Gasteiger partial charge in [-0.3, -0.25) is 19.2 Å². The average Bonchev–Trinajstić information content (AvgIpc) is 3.52. The number of hydrogen-bond acceptors (Lipinski definition) is 9. The topological polar surface area (TPSA) is 181 Å². The van der Waals surface area contributed by atoms with Crippen LogP contribution in [0.15, 0.2) is 59.2 Å². The molecule has 13 heteroatoms. The minimum atomic E-state index is -1.22. The molecule has 1 aromatic heterocycles. The molecule has 0 aliphatic carbocycles. The number of para-hydroxylation sites is 1. The van der Waals surface area contributed by atoms with Crippen LogP contribution in [0.3, 0.4) is 0 Å². The van der Waals surface area contributed by atoms with E-state index in [1.165, 1.54) is 6.92 Å². The highest BCUT2D eigenvalue weighted by Gasteiger charge is 2.31. The Labute approximate surface area is 253 Å². The fourth-order valence-electron chi connectivity index (χ4n) is 5.05. The first-order valence-electron chi connectivity index (χ1n) is 14.6. The molecule has 0 spiro atoms. The zero-order valence-corrected chi connectivity index (χ0v) is 24.2. The van der Waals surface area contributed by atoms with E-state index in [2.05, 4.69) is 26.3 Å². The van der Waals surface area contributed by atoms with Crippen molar-refractivity contribution in [2.75, 3.05) is 19.8 Å². The molecule has 0 unspecified atom stereocenters. The second kappa shape index (κ2) is 14.0. The molecule has 3 aromatic rings. The number of nitrogens with zero attached hydrogens (tertiary/aromatic N) is 1. The molecule has 2 aromatic carbocycles. The molecule has 2 aliphatic heterocycles. The quantitative estimate of drug-likeness (QED) is 0.287. The van der Waals surface area contributed by atoms with E-state index in [0.29, 0.717) is 37.6 Å². The number of aliphatic hydroxyl groups excluding tert-OH is 1. The van der Waals surface area contributed by atoms with E-state index in [-0.39, 0.29) is 36.5 Å². The van der Waals surface area contributed by atoms with E-state index in [9.17, 15) is 24.3 Å². The first-order chi connectivity index (χ1) is 21.3. The van der Waals surface area contributed by atoms with Gasteiger partial charge < -0.3 is 40.3 Å². The highest BCUT2D eigenvalue weighted by Crippen LogP contribution is 2.33. The lowest BCUT2D eigenvalue weighted by molar-refractivity contribution is -0.125. The van der Waals surface area contributed by atoms with Crippen LogP contribution in [-0.4, -0.2) is 71.7 Å². The highest BCUT2D eigenvalue weighted by atomic mass is 16.6. The van der Waals surface area contributed by atoms with Crippen molar-refractivity contribution in [3.8, 4) is 11.5 Å². The minimum Gasteiger partial charge on any atom is -0.486 e. The molecule has 0 saturated carbocycles. The Balaban J connectivity index is 1.43. The number of carbonyl (C=O) groups excluding carboxylic acids is 4. The Hall–Kier alpha value is -4.91. The lowest BCUT2D eigenvalue weighted by atomic mass is 10.0. The van der Waals surface area contributed by atoms with Crippen LogP contribution in [0.25, 0.3) is 0 Å². The van der Waals surface area contributed by atoms with Crippen LogP contribution >= 0.6 is 0 Å². The molecule has 0 fully saturated rings. The van der Waals surface area contributed by atoms with Gasteiger partial charge in [0, 0.05) is 13.0 Å². The van der Waals surface area contributed by atoms with E-state index in [4.69, 9.17) is 13.9 Å². The predicted molar refractivity (Wildman–Crippen MR) is 156 cm³/mol. The van der Waals surface area contributed by atoms with Crippen LogP contribution in [0.5, 0.6) is 11.5 Å². The maximum Gasteiger partial charge on any atom is 0.273 e. The van der Waals surface area contributed by atoms with Crippen LogP contribution < -0.4 is 30.7 Å². The van der Waals surface area contributed by atoms with Crippen molar-refractivity contribution in [2.45, 2.75) is 56.8 Å². The maximum absolute atomic E-state index is 13.8. The van der Waals surface area contributed by atoms with Gasteiger partial charge in [0.25, 0.3) is 11.8 Å². The van der Waals surface area contributed by atoms with Gasteiger partial charge in [-0.2, -0.15) is 0 Å². The zero-order chi connectivity index (χ0) is 31.1. The molecule has 2 bridgehead atoms.